The fraction of sp³-hybridized carbons (Fsp3) is 0.111. The maximum atomic E-state index is 2.47. The molecule has 54 heavy (non-hydrogen) atoms. The Kier molecular flexibility index (Phi) is 6.46. The Bertz CT molecular complexity index is 2970. The van der Waals surface area contributed by atoms with Crippen molar-refractivity contribution in [1.82, 2.24) is 0 Å². The lowest BCUT2D eigenvalue weighted by molar-refractivity contribution is 0.647. The molecule has 9 aromatic rings. The second-order valence-corrected chi connectivity index (χ2v) is 16.4. The zero-order chi connectivity index (χ0) is 36.3. The van der Waals surface area contributed by atoms with E-state index >= 15 is 0 Å². The molecule has 0 spiro atoms. The third-order valence-corrected chi connectivity index (χ3v) is 12.8. The highest BCUT2D eigenvalue weighted by atomic mass is 14.5. The molecule has 0 atom stereocenters. The Hall–Kier alpha value is -6.24. The van der Waals surface area contributed by atoms with E-state index in [4.69, 9.17) is 0 Å². The molecule has 0 saturated heterocycles. The predicted octanol–water partition coefficient (Wildman–Crippen LogP) is 14.8. The van der Waals surface area contributed by atoms with Gasteiger partial charge in [0.05, 0.1) is 0 Å². The summed E-state index contributed by atoms with van der Waals surface area (Å²) >= 11 is 0. The molecular formula is C54H40. The first-order valence-electron chi connectivity index (χ1n) is 19.3. The van der Waals surface area contributed by atoms with Gasteiger partial charge in [0, 0.05) is 10.8 Å². The van der Waals surface area contributed by atoms with Gasteiger partial charge >= 0.3 is 0 Å². The van der Waals surface area contributed by atoms with E-state index in [0.717, 1.165) is 0 Å². The van der Waals surface area contributed by atoms with Gasteiger partial charge in [-0.3, -0.25) is 0 Å². The average molecular weight is 689 g/mol. The van der Waals surface area contributed by atoms with E-state index in [2.05, 4.69) is 198 Å². The SMILES string of the molecule is CC1(C)c2cc(-c3ccc(-c4c5ccccc5c(-c5ccc6ccccc6c5)c5ccccc45)cc3)ccc2-c2c1ccc1c2C(C)(C)c2ccccc2-1. The van der Waals surface area contributed by atoms with Crippen molar-refractivity contribution in [2.45, 2.75) is 38.5 Å². The lowest BCUT2D eigenvalue weighted by Crippen LogP contribution is -2.18. The molecule has 0 amide bonds. The molecule has 0 nitrogen and oxygen atoms in total. The summed E-state index contributed by atoms with van der Waals surface area (Å²) in [6, 6.07) is 63.7. The Morgan fingerprint density at radius 2 is 0.833 bits per heavy atom. The molecule has 2 aliphatic carbocycles. The number of hydrogen-bond donors (Lipinski definition) is 0. The molecule has 0 aliphatic heterocycles. The van der Waals surface area contributed by atoms with Gasteiger partial charge in [0.15, 0.2) is 0 Å². The van der Waals surface area contributed by atoms with Gasteiger partial charge in [0.25, 0.3) is 0 Å². The summed E-state index contributed by atoms with van der Waals surface area (Å²) < 4.78 is 0. The molecular weight excluding hydrogens is 649 g/mol. The topological polar surface area (TPSA) is 0 Å². The van der Waals surface area contributed by atoms with Crippen LogP contribution in [0.25, 0.3) is 88.0 Å². The Morgan fingerprint density at radius 1 is 0.296 bits per heavy atom. The summed E-state index contributed by atoms with van der Waals surface area (Å²) in [6.45, 7) is 9.62. The normalized spacial score (nSPS) is 14.6. The Labute approximate surface area is 317 Å². The van der Waals surface area contributed by atoms with Crippen LogP contribution in [0.4, 0.5) is 0 Å². The predicted molar refractivity (Wildman–Crippen MR) is 230 cm³/mol. The first kappa shape index (κ1) is 31.3. The standard InChI is InChI=1S/C54H40/c1-53(2)47-30-29-44-39-15-11-12-20-46(39)54(3,4)52(44)51(47)45-28-27-37(32-48(45)53)34-21-24-35(25-22-34)49-40-16-7-9-18-42(40)50(43-19-10-8-17-41(43)49)38-26-23-33-13-5-6-14-36(33)31-38/h5-32H,1-4H3. The number of fused-ring (bicyclic) bond motifs is 10. The van der Waals surface area contributed by atoms with Crippen LogP contribution in [0, 0.1) is 0 Å². The molecule has 0 radical (unpaired) electrons. The minimum atomic E-state index is -0.0921. The molecule has 0 bridgehead atoms. The fourth-order valence-corrected chi connectivity index (χ4v) is 10.2. The van der Waals surface area contributed by atoms with Crippen LogP contribution < -0.4 is 0 Å². The van der Waals surface area contributed by atoms with Gasteiger partial charge in [-0.15, -0.1) is 0 Å². The number of benzene rings is 9. The minimum Gasteiger partial charge on any atom is -0.0619 e. The highest BCUT2D eigenvalue weighted by Gasteiger charge is 2.44. The van der Waals surface area contributed by atoms with Crippen LogP contribution in [0.15, 0.2) is 170 Å². The van der Waals surface area contributed by atoms with E-state index in [1.807, 2.05) is 0 Å². The third-order valence-electron chi connectivity index (χ3n) is 12.8. The molecule has 0 unspecified atom stereocenters. The van der Waals surface area contributed by atoms with Crippen molar-refractivity contribution in [2.75, 3.05) is 0 Å². The van der Waals surface area contributed by atoms with Gasteiger partial charge < -0.3 is 0 Å². The van der Waals surface area contributed by atoms with E-state index in [-0.39, 0.29) is 10.8 Å². The maximum Gasteiger partial charge on any atom is 0.0165 e. The molecule has 256 valence electrons. The van der Waals surface area contributed by atoms with Crippen LogP contribution >= 0.6 is 0 Å². The van der Waals surface area contributed by atoms with Crippen LogP contribution in [0.5, 0.6) is 0 Å². The van der Waals surface area contributed by atoms with Gasteiger partial charge in [-0.1, -0.05) is 185 Å². The van der Waals surface area contributed by atoms with Crippen molar-refractivity contribution in [3.63, 3.8) is 0 Å². The Balaban J connectivity index is 1.03. The molecule has 0 aromatic heterocycles. The number of rotatable bonds is 3. The fourth-order valence-electron chi connectivity index (χ4n) is 10.2. The van der Waals surface area contributed by atoms with Gasteiger partial charge in [0.1, 0.15) is 0 Å². The second kappa shape index (κ2) is 11.1. The molecule has 0 saturated carbocycles. The Morgan fingerprint density at radius 3 is 1.54 bits per heavy atom. The van der Waals surface area contributed by atoms with Crippen LogP contribution in [0.1, 0.15) is 49.9 Å². The monoisotopic (exact) mass is 688 g/mol. The molecule has 11 rings (SSSR count). The largest absolute Gasteiger partial charge is 0.0619 e. The van der Waals surface area contributed by atoms with Gasteiger partial charge in [-0.05, 0) is 122 Å². The molecule has 0 N–H and O–H groups in total. The highest BCUT2D eigenvalue weighted by Crippen LogP contribution is 2.59. The van der Waals surface area contributed by atoms with E-state index in [1.54, 1.807) is 0 Å². The summed E-state index contributed by atoms with van der Waals surface area (Å²) in [7, 11) is 0. The minimum absolute atomic E-state index is 0.0501. The first-order valence-corrected chi connectivity index (χ1v) is 19.3. The van der Waals surface area contributed by atoms with Crippen molar-refractivity contribution in [3.8, 4) is 55.6 Å². The summed E-state index contributed by atoms with van der Waals surface area (Å²) in [5, 5.41) is 7.65. The average Bonchev–Trinajstić information content (AvgIpc) is 3.59. The van der Waals surface area contributed by atoms with Gasteiger partial charge in [-0.2, -0.15) is 0 Å². The van der Waals surface area contributed by atoms with Crippen LogP contribution in [0.2, 0.25) is 0 Å². The number of hydrogen-bond acceptors (Lipinski definition) is 0. The summed E-state index contributed by atoms with van der Waals surface area (Å²) in [4.78, 5) is 0. The van der Waals surface area contributed by atoms with Crippen molar-refractivity contribution >= 4 is 32.3 Å². The van der Waals surface area contributed by atoms with Crippen molar-refractivity contribution in [2.24, 2.45) is 0 Å². The lowest BCUT2D eigenvalue weighted by Gasteiger charge is -2.26. The molecule has 9 aromatic carbocycles. The smallest absolute Gasteiger partial charge is 0.0165 e. The maximum absolute atomic E-state index is 2.47. The van der Waals surface area contributed by atoms with E-state index in [9.17, 15) is 0 Å². The molecule has 0 fully saturated rings. The van der Waals surface area contributed by atoms with Crippen LogP contribution in [-0.4, -0.2) is 0 Å². The highest BCUT2D eigenvalue weighted by molar-refractivity contribution is 6.21. The van der Waals surface area contributed by atoms with Crippen molar-refractivity contribution in [1.29, 1.82) is 0 Å². The van der Waals surface area contributed by atoms with Gasteiger partial charge in [-0.25, -0.2) is 0 Å². The van der Waals surface area contributed by atoms with Crippen LogP contribution in [-0.2, 0) is 10.8 Å². The molecule has 0 heteroatoms. The summed E-state index contributed by atoms with van der Waals surface area (Å²) in [5.74, 6) is 0. The lowest BCUT2D eigenvalue weighted by atomic mass is 9.77. The third kappa shape index (κ3) is 4.26. The van der Waals surface area contributed by atoms with E-state index in [0.29, 0.717) is 0 Å². The van der Waals surface area contributed by atoms with Crippen molar-refractivity contribution < 1.29 is 0 Å². The molecule has 2 aliphatic rings. The molecule has 0 heterocycles. The quantitative estimate of drug-likeness (QED) is 0.162. The zero-order valence-corrected chi connectivity index (χ0v) is 31.2. The van der Waals surface area contributed by atoms with Crippen molar-refractivity contribution in [3.05, 3.63) is 192 Å². The summed E-state index contributed by atoms with van der Waals surface area (Å²) in [6.07, 6.45) is 0. The van der Waals surface area contributed by atoms with E-state index < -0.39 is 0 Å². The first-order chi connectivity index (χ1) is 26.3. The second-order valence-electron chi connectivity index (χ2n) is 16.4. The van der Waals surface area contributed by atoms with Gasteiger partial charge in [0.2, 0.25) is 0 Å². The van der Waals surface area contributed by atoms with Crippen LogP contribution in [0.3, 0.4) is 0 Å². The van der Waals surface area contributed by atoms with E-state index in [1.165, 1.54) is 110 Å². The summed E-state index contributed by atoms with van der Waals surface area (Å²) in [5.41, 5.74) is 18.8. The zero-order valence-electron chi connectivity index (χ0n) is 31.2.